The molecule has 0 aliphatic rings. The van der Waals surface area contributed by atoms with E-state index in [0.29, 0.717) is 5.56 Å². The van der Waals surface area contributed by atoms with Crippen molar-refractivity contribution in [3.63, 3.8) is 0 Å². The molecule has 1 rings (SSSR count). The van der Waals surface area contributed by atoms with Gasteiger partial charge in [0.05, 0.1) is 7.11 Å². The number of ketones is 1. The monoisotopic (exact) mass is 233 g/mol. The molecule has 4 nitrogen and oxygen atoms in total. The molecule has 90 valence electrons. The van der Waals surface area contributed by atoms with Gasteiger partial charge in [0.15, 0.2) is 5.78 Å². The van der Waals surface area contributed by atoms with Crippen LogP contribution in [0.25, 0.3) is 0 Å². The second kappa shape index (κ2) is 5.94. The third kappa shape index (κ3) is 3.52. The molecule has 0 aliphatic heterocycles. The second-order valence-corrected chi connectivity index (χ2v) is 3.82. The predicted octanol–water partition coefficient (Wildman–Crippen LogP) is 2.47. The molecule has 1 amide bonds. The van der Waals surface area contributed by atoms with E-state index >= 15 is 0 Å². The lowest BCUT2D eigenvalue weighted by atomic mass is 9.99. The molecule has 0 fully saturated rings. The highest BCUT2D eigenvalue weighted by Crippen LogP contribution is 2.08. The van der Waals surface area contributed by atoms with Crippen LogP contribution in [0.3, 0.4) is 0 Å². The molecule has 17 heavy (non-hydrogen) atoms. The van der Waals surface area contributed by atoms with Crippen LogP contribution in [-0.4, -0.2) is 24.7 Å². The summed E-state index contributed by atoms with van der Waals surface area (Å²) in [7, 11) is 1.23. The summed E-state index contributed by atoms with van der Waals surface area (Å²) >= 11 is 0. The topological polar surface area (TPSA) is 55.7 Å². The van der Waals surface area contributed by atoms with Crippen molar-refractivity contribution in [2.45, 2.75) is 13.8 Å². The van der Waals surface area contributed by atoms with Gasteiger partial charge >= 0.3 is 6.09 Å². The van der Waals surface area contributed by atoms with Crippen LogP contribution in [0.2, 0.25) is 0 Å². The van der Waals surface area contributed by atoms with Crippen molar-refractivity contribution in [2.75, 3.05) is 7.11 Å². The van der Waals surface area contributed by atoms with E-state index in [-0.39, 0.29) is 17.4 Å². The highest BCUT2D eigenvalue weighted by atomic mass is 16.5. The van der Waals surface area contributed by atoms with Crippen LogP contribution >= 0.6 is 0 Å². The van der Waals surface area contributed by atoms with E-state index < -0.39 is 6.09 Å². The Morgan fingerprint density at radius 2 is 1.76 bits per heavy atom. The molecule has 0 atom stereocenters. The molecular formula is C13H15NO3. The van der Waals surface area contributed by atoms with Gasteiger partial charge in [0.25, 0.3) is 0 Å². The SMILES string of the molecule is COC(=O)N=C(C(=O)C(C)C)c1ccccc1. The molecule has 0 unspecified atom stereocenters. The minimum Gasteiger partial charge on any atom is -0.451 e. The van der Waals surface area contributed by atoms with Crippen LogP contribution in [0, 0.1) is 5.92 Å². The summed E-state index contributed by atoms with van der Waals surface area (Å²) < 4.78 is 4.45. The Kier molecular flexibility index (Phi) is 4.57. The van der Waals surface area contributed by atoms with Gasteiger partial charge in [-0.3, -0.25) is 4.79 Å². The lowest BCUT2D eigenvalue weighted by Crippen LogP contribution is -2.22. The van der Waals surface area contributed by atoms with Gasteiger partial charge in [-0.2, -0.15) is 4.99 Å². The van der Waals surface area contributed by atoms with E-state index in [1.54, 1.807) is 38.1 Å². The molecule has 0 bridgehead atoms. The van der Waals surface area contributed by atoms with E-state index in [2.05, 4.69) is 9.73 Å². The number of hydrogen-bond acceptors (Lipinski definition) is 3. The number of carbonyl (C=O) groups excluding carboxylic acids is 2. The van der Waals surface area contributed by atoms with Gasteiger partial charge in [-0.05, 0) is 0 Å². The molecule has 0 spiro atoms. The standard InChI is InChI=1S/C13H15NO3/c1-9(2)12(15)11(14-13(16)17-3)10-7-5-4-6-8-10/h4-9H,1-3H3. The Hall–Kier alpha value is -1.97. The van der Waals surface area contributed by atoms with Gasteiger partial charge in [0.1, 0.15) is 5.71 Å². The second-order valence-electron chi connectivity index (χ2n) is 3.82. The fourth-order valence-electron chi connectivity index (χ4n) is 1.27. The van der Waals surface area contributed by atoms with Crippen LogP contribution < -0.4 is 0 Å². The average Bonchev–Trinajstić information content (AvgIpc) is 2.35. The lowest BCUT2D eigenvalue weighted by molar-refractivity contribution is -0.115. The number of benzene rings is 1. The number of nitrogens with zero attached hydrogens (tertiary/aromatic N) is 1. The normalized spacial score (nSPS) is 11.4. The number of ether oxygens (including phenoxy) is 1. The molecule has 0 N–H and O–H groups in total. The van der Waals surface area contributed by atoms with Gasteiger partial charge in [-0.1, -0.05) is 44.2 Å². The smallest absolute Gasteiger partial charge is 0.434 e. The first-order chi connectivity index (χ1) is 8.06. The number of methoxy groups -OCH3 is 1. The van der Waals surface area contributed by atoms with Crippen LogP contribution in [0.1, 0.15) is 19.4 Å². The lowest BCUT2D eigenvalue weighted by Gasteiger charge is -2.07. The molecular weight excluding hydrogens is 218 g/mol. The van der Waals surface area contributed by atoms with Gasteiger partial charge in [0.2, 0.25) is 0 Å². The minimum atomic E-state index is -0.766. The van der Waals surface area contributed by atoms with E-state index in [9.17, 15) is 9.59 Å². The van der Waals surface area contributed by atoms with Crippen molar-refractivity contribution >= 4 is 17.6 Å². The van der Waals surface area contributed by atoms with Crippen LogP contribution in [-0.2, 0) is 9.53 Å². The zero-order valence-corrected chi connectivity index (χ0v) is 10.1. The predicted molar refractivity (Wildman–Crippen MR) is 65.2 cm³/mol. The summed E-state index contributed by atoms with van der Waals surface area (Å²) in [5.74, 6) is -0.403. The van der Waals surface area contributed by atoms with Crippen molar-refractivity contribution in [3.8, 4) is 0 Å². The van der Waals surface area contributed by atoms with E-state index in [1.165, 1.54) is 7.11 Å². The summed E-state index contributed by atoms with van der Waals surface area (Å²) in [5.41, 5.74) is 0.768. The first-order valence-electron chi connectivity index (χ1n) is 5.32. The number of amides is 1. The maximum Gasteiger partial charge on any atom is 0.434 e. The van der Waals surface area contributed by atoms with Gasteiger partial charge in [0, 0.05) is 11.5 Å². The maximum absolute atomic E-state index is 12.0. The van der Waals surface area contributed by atoms with E-state index in [4.69, 9.17) is 0 Å². The Balaban J connectivity index is 3.17. The molecule has 0 saturated carbocycles. The van der Waals surface area contributed by atoms with Crippen LogP contribution in [0.5, 0.6) is 0 Å². The quantitative estimate of drug-likeness (QED) is 0.753. The third-order valence-corrected chi connectivity index (χ3v) is 2.18. The Morgan fingerprint density at radius 1 is 1.18 bits per heavy atom. The summed E-state index contributed by atoms with van der Waals surface area (Å²) in [6.45, 7) is 3.52. The van der Waals surface area contributed by atoms with Crippen molar-refractivity contribution in [3.05, 3.63) is 35.9 Å². The van der Waals surface area contributed by atoms with Crippen LogP contribution in [0.4, 0.5) is 4.79 Å². The molecule has 4 heteroatoms. The molecule has 0 aromatic heterocycles. The van der Waals surface area contributed by atoms with Gasteiger partial charge < -0.3 is 4.74 Å². The van der Waals surface area contributed by atoms with E-state index in [0.717, 1.165) is 0 Å². The van der Waals surface area contributed by atoms with Crippen LogP contribution in [0.15, 0.2) is 35.3 Å². The van der Waals surface area contributed by atoms with Gasteiger partial charge in [-0.15, -0.1) is 0 Å². The number of aliphatic imine (C=N–C) groups is 1. The van der Waals surface area contributed by atoms with E-state index in [1.807, 2.05) is 6.07 Å². The first-order valence-corrected chi connectivity index (χ1v) is 5.32. The molecule has 0 radical (unpaired) electrons. The molecule has 1 aromatic carbocycles. The molecule has 0 saturated heterocycles. The summed E-state index contributed by atoms with van der Waals surface area (Å²) in [6, 6.07) is 8.88. The maximum atomic E-state index is 12.0. The highest BCUT2D eigenvalue weighted by Gasteiger charge is 2.18. The van der Waals surface area contributed by atoms with Crippen molar-refractivity contribution in [1.82, 2.24) is 0 Å². The molecule has 1 aromatic rings. The number of rotatable bonds is 3. The third-order valence-electron chi connectivity index (χ3n) is 2.18. The molecule has 0 aliphatic carbocycles. The average molecular weight is 233 g/mol. The first kappa shape index (κ1) is 13.1. The van der Waals surface area contributed by atoms with Crippen molar-refractivity contribution < 1.29 is 14.3 Å². The highest BCUT2D eigenvalue weighted by molar-refractivity contribution is 6.47. The largest absolute Gasteiger partial charge is 0.451 e. The summed E-state index contributed by atoms with van der Waals surface area (Å²) in [6.07, 6.45) is -0.766. The Labute approximate surface area is 100 Å². The zero-order chi connectivity index (χ0) is 12.8. The summed E-state index contributed by atoms with van der Waals surface area (Å²) in [4.78, 5) is 26.8. The minimum absolute atomic E-state index is 0.146. The fraction of sp³-hybridized carbons (Fsp3) is 0.308. The fourth-order valence-corrected chi connectivity index (χ4v) is 1.27. The molecule has 0 heterocycles. The van der Waals surface area contributed by atoms with Gasteiger partial charge in [-0.25, -0.2) is 4.79 Å². The number of hydrogen-bond donors (Lipinski definition) is 0. The number of Topliss-reactive ketones (excluding diaryl/α,β-unsaturated/α-hetero) is 1. The zero-order valence-electron chi connectivity index (χ0n) is 10.1. The van der Waals surface area contributed by atoms with Crippen molar-refractivity contribution in [2.24, 2.45) is 10.9 Å². The number of carbonyl (C=O) groups is 2. The Morgan fingerprint density at radius 3 is 2.24 bits per heavy atom. The summed E-state index contributed by atoms with van der Waals surface area (Å²) in [5, 5.41) is 0. The Bertz CT molecular complexity index is 435. The van der Waals surface area contributed by atoms with Crippen molar-refractivity contribution in [1.29, 1.82) is 0 Å².